The quantitative estimate of drug-likeness (QED) is 0.656. The SMILES string of the molecule is O=C(NCc1ccc(S(=O)(=O)N2CCOCC2)cc1)c1cnc2[nH]ncc2c1. The molecule has 0 aliphatic carbocycles. The molecule has 1 amide bonds. The number of carbonyl (C=O) groups is 1. The first-order chi connectivity index (χ1) is 13.5. The molecular formula is C18H19N5O4S. The van der Waals surface area contributed by atoms with Gasteiger partial charge in [-0.25, -0.2) is 13.4 Å². The third-order valence-corrected chi connectivity index (χ3v) is 6.45. The number of benzene rings is 1. The summed E-state index contributed by atoms with van der Waals surface area (Å²) in [6, 6.07) is 8.23. The number of nitrogens with one attached hydrogen (secondary N) is 2. The molecule has 0 saturated carbocycles. The Bertz CT molecular complexity index is 1090. The molecule has 4 rings (SSSR count). The van der Waals surface area contributed by atoms with Crippen molar-refractivity contribution in [1.29, 1.82) is 0 Å². The normalized spacial score (nSPS) is 15.6. The average Bonchev–Trinajstić information content (AvgIpc) is 3.21. The second kappa shape index (κ2) is 7.66. The van der Waals surface area contributed by atoms with Gasteiger partial charge < -0.3 is 10.1 Å². The zero-order chi connectivity index (χ0) is 19.6. The first-order valence-electron chi connectivity index (χ1n) is 8.78. The third kappa shape index (κ3) is 3.75. The van der Waals surface area contributed by atoms with Crippen molar-refractivity contribution in [3.05, 3.63) is 53.9 Å². The van der Waals surface area contributed by atoms with Gasteiger partial charge in [0.25, 0.3) is 5.91 Å². The summed E-state index contributed by atoms with van der Waals surface area (Å²) in [5.74, 6) is -0.263. The molecule has 0 bridgehead atoms. The second-order valence-corrected chi connectivity index (χ2v) is 8.31. The van der Waals surface area contributed by atoms with E-state index in [1.165, 1.54) is 10.5 Å². The molecule has 2 aromatic heterocycles. The van der Waals surface area contributed by atoms with Gasteiger partial charge >= 0.3 is 0 Å². The van der Waals surface area contributed by atoms with E-state index >= 15 is 0 Å². The first kappa shape index (κ1) is 18.5. The number of ether oxygens (including phenoxy) is 1. The van der Waals surface area contributed by atoms with Crippen molar-refractivity contribution in [2.45, 2.75) is 11.4 Å². The maximum Gasteiger partial charge on any atom is 0.253 e. The highest BCUT2D eigenvalue weighted by atomic mass is 32.2. The number of hydrogen-bond donors (Lipinski definition) is 2. The third-order valence-electron chi connectivity index (χ3n) is 4.54. The minimum Gasteiger partial charge on any atom is -0.379 e. The van der Waals surface area contributed by atoms with Crippen LogP contribution in [-0.2, 0) is 21.3 Å². The molecule has 0 spiro atoms. The molecule has 3 heterocycles. The van der Waals surface area contributed by atoms with Crippen LogP contribution in [0.15, 0.2) is 47.6 Å². The number of pyridine rings is 1. The van der Waals surface area contributed by atoms with Crippen LogP contribution in [0.2, 0.25) is 0 Å². The lowest BCUT2D eigenvalue weighted by Crippen LogP contribution is -2.40. The van der Waals surface area contributed by atoms with Crippen molar-refractivity contribution in [3.63, 3.8) is 0 Å². The van der Waals surface area contributed by atoms with E-state index in [9.17, 15) is 13.2 Å². The van der Waals surface area contributed by atoms with Gasteiger partial charge in [0, 0.05) is 31.2 Å². The second-order valence-electron chi connectivity index (χ2n) is 6.37. The molecule has 146 valence electrons. The highest BCUT2D eigenvalue weighted by molar-refractivity contribution is 7.89. The van der Waals surface area contributed by atoms with Gasteiger partial charge in [0.1, 0.15) is 0 Å². The average molecular weight is 401 g/mol. The molecule has 0 radical (unpaired) electrons. The molecule has 1 aliphatic heterocycles. The number of rotatable bonds is 5. The number of morpholine rings is 1. The molecule has 9 nitrogen and oxygen atoms in total. The zero-order valence-corrected chi connectivity index (χ0v) is 15.8. The van der Waals surface area contributed by atoms with Crippen molar-refractivity contribution >= 4 is 27.0 Å². The van der Waals surface area contributed by atoms with Crippen molar-refractivity contribution in [2.24, 2.45) is 0 Å². The summed E-state index contributed by atoms with van der Waals surface area (Å²) in [6.45, 7) is 1.80. The highest BCUT2D eigenvalue weighted by Crippen LogP contribution is 2.18. The molecular weight excluding hydrogens is 382 g/mol. The lowest BCUT2D eigenvalue weighted by molar-refractivity contribution is 0.0730. The summed E-state index contributed by atoms with van der Waals surface area (Å²) in [4.78, 5) is 16.7. The Balaban J connectivity index is 1.40. The Morgan fingerprint density at radius 1 is 1.18 bits per heavy atom. The molecule has 2 N–H and O–H groups in total. The molecule has 28 heavy (non-hydrogen) atoms. The van der Waals surface area contributed by atoms with Crippen molar-refractivity contribution < 1.29 is 17.9 Å². The maximum absolute atomic E-state index is 12.6. The number of H-pyrrole nitrogens is 1. The zero-order valence-electron chi connectivity index (χ0n) is 15.0. The van der Waals surface area contributed by atoms with E-state index in [4.69, 9.17) is 4.74 Å². The fourth-order valence-corrected chi connectivity index (χ4v) is 4.37. The number of aromatic nitrogens is 3. The lowest BCUT2D eigenvalue weighted by atomic mass is 10.2. The molecule has 1 saturated heterocycles. The van der Waals surface area contributed by atoms with Gasteiger partial charge in [0.2, 0.25) is 10.0 Å². The Hall–Kier alpha value is -2.82. The summed E-state index contributed by atoms with van der Waals surface area (Å²) >= 11 is 0. The number of carbonyl (C=O) groups excluding carboxylic acids is 1. The van der Waals surface area contributed by atoms with Crippen LogP contribution in [0.3, 0.4) is 0 Å². The molecule has 0 atom stereocenters. The topological polar surface area (TPSA) is 117 Å². The van der Waals surface area contributed by atoms with E-state index in [1.807, 2.05) is 0 Å². The van der Waals surface area contributed by atoms with E-state index in [-0.39, 0.29) is 17.3 Å². The van der Waals surface area contributed by atoms with Gasteiger partial charge in [-0.05, 0) is 23.8 Å². The van der Waals surface area contributed by atoms with Crippen LogP contribution >= 0.6 is 0 Å². The maximum atomic E-state index is 12.6. The number of fused-ring (bicyclic) bond motifs is 1. The highest BCUT2D eigenvalue weighted by Gasteiger charge is 2.26. The summed E-state index contributed by atoms with van der Waals surface area (Å²) in [5.41, 5.74) is 1.85. The van der Waals surface area contributed by atoms with Crippen molar-refractivity contribution in [3.8, 4) is 0 Å². The minimum atomic E-state index is -3.52. The van der Waals surface area contributed by atoms with Crippen LogP contribution in [0, 0.1) is 0 Å². The largest absolute Gasteiger partial charge is 0.379 e. The van der Waals surface area contributed by atoms with Gasteiger partial charge in [0.05, 0.1) is 29.9 Å². The van der Waals surface area contributed by atoms with E-state index in [0.717, 1.165) is 10.9 Å². The van der Waals surface area contributed by atoms with Gasteiger partial charge in [-0.15, -0.1) is 0 Å². The molecule has 10 heteroatoms. The van der Waals surface area contributed by atoms with E-state index in [0.29, 0.717) is 37.5 Å². The Morgan fingerprint density at radius 3 is 2.68 bits per heavy atom. The number of hydrogen-bond acceptors (Lipinski definition) is 6. The Morgan fingerprint density at radius 2 is 1.93 bits per heavy atom. The van der Waals surface area contributed by atoms with Gasteiger partial charge in [-0.2, -0.15) is 9.40 Å². The van der Waals surface area contributed by atoms with E-state index in [2.05, 4.69) is 20.5 Å². The fourth-order valence-electron chi connectivity index (χ4n) is 2.96. The van der Waals surface area contributed by atoms with Crippen LogP contribution < -0.4 is 5.32 Å². The molecule has 1 aromatic carbocycles. The number of aromatic amines is 1. The summed E-state index contributed by atoms with van der Waals surface area (Å²) < 4.78 is 31.9. The van der Waals surface area contributed by atoms with Crippen LogP contribution in [0.5, 0.6) is 0 Å². The fraction of sp³-hybridized carbons (Fsp3) is 0.278. The Kier molecular flexibility index (Phi) is 5.07. The molecule has 0 unspecified atom stereocenters. The van der Waals surface area contributed by atoms with Crippen molar-refractivity contribution in [2.75, 3.05) is 26.3 Å². The molecule has 1 aliphatic rings. The van der Waals surface area contributed by atoms with Gasteiger partial charge in [-0.3, -0.25) is 9.89 Å². The number of nitrogens with zero attached hydrogens (tertiary/aromatic N) is 3. The predicted molar refractivity (Wildman–Crippen MR) is 101 cm³/mol. The first-order valence-corrected chi connectivity index (χ1v) is 10.2. The smallest absolute Gasteiger partial charge is 0.253 e. The van der Waals surface area contributed by atoms with Crippen LogP contribution in [-0.4, -0.2) is 60.1 Å². The summed E-state index contributed by atoms with van der Waals surface area (Å²) in [6.07, 6.45) is 3.08. The predicted octanol–water partition coefficient (Wildman–Crippen LogP) is 0.909. The van der Waals surface area contributed by atoms with Crippen molar-refractivity contribution in [1.82, 2.24) is 24.8 Å². The van der Waals surface area contributed by atoms with Crippen LogP contribution in [0.25, 0.3) is 11.0 Å². The van der Waals surface area contributed by atoms with Crippen LogP contribution in [0.1, 0.15) is 15.9 Å². The van der Waals surface area contributed by atoms with Gasteiger partial charge in [-0.1, -0.05) is 12.1 Å². The lowest BCUT2D eigenvalue weighted by Gasteiger charge is -2.26. The standard InChI is InChI=1S/C18H19N5O4S/c24-18(15-9-14-12-21-22-17(14)19-11-15)20-10-13-1-3-16(4-2-13)28(25,26)23-5-7-27-8-6-23/h1-4,9,11-12H,5-8,10H2,(H,20,24)(H,19,21,22). The van der Waals surface area contributed by atoms with E-state index in [1.54, 1.807) is 36.5 Å². The van der Waals surface area contributed by atoms with Crippen LogP contribution in [0.4, 0.5) is 0 Å². The number of amides is 1. The van der Waals surface area contributed by atoms with E-state index < -0.39 is 10.0 Å². The molecule has 3 aromatic rings. The number of sulfonamides is 1. The molecule has 1 fully saturated rings. The van der Waals surface area contributed by atoms with Gasteiger partial charge in [0.15, 0.2) is 5.65 Å². The monoisotopic (exact) mass is 401 g/mol. The minimum absolute atomic E-state index is 0.235. The Labute approximate surface area is 161 Å². The summed E-state index contributed by atoms with van der Waals surface area (Å²) in [7, 11) is -3.52. The summed E-state index contributed by atoms with van der Waals surface area (Å²) in [5, 5.41) is 10.2.